The van der Waals surface area contributed by atoms with Crippen LogP contribution < -0.4 is 53.2 Å². The van der Waals surface area contributed by atoms with Gasteiger partial charge in [-0.25, -0.2) is 0 Å². The molecule has 666 valence electrons. The summed E-state index contributed by atoms with van der Waals surface area (Å²) in [7, 11) is 99.2. The summed E-state index contributed by atoms with van der Waals surface area (Å²) >= 11 is 0. The zero-order valence-electron chi connectivity index (χ0n) is 57.1. The molecule has 0 aromatic heterocycles. The summed E-state index contributed by atoms with van der Waals surface area (Å²) in [5.41, 5.74) is 54.2. The Morgan fingerprint density at radius 3 is 0.518 bits per heavy atom. The van der Waals surface area contributed by atoms with Crippen LogP contribution in [0.4, 0.5) is 0 Å². The van der Waals surface area contributed by atoms with Crippen molar-refractivity contribution >= 4 is 467 Å². The number of rotatable bonds is 26. The van der Waals surface area contributed by atoms with Crippen molar-refractivity contribution in [1.82, 2.24) is 12.3 Å². The van der Waals surface area contributed by atoms with Crippen LogP contribution in [0.1, 0.15) is 0 Å². The first-order valence-electron chi connectivity index (χ1n) is 20.8. The summed E-state index contributed by atoms with van der Waals surface area (Å²) in [4.78, 5) is 1.75. The maximum atomic E-state index is 6.86. The van der Waals surface area contributed by atoms with E-state index in [1.165, 1.54) is 0 Å². The molecule has 0 radical (unpaired) electrons. The molecule has 0 amide bonds. The molecule has 28 N–H and O–H groups in total. The molecule has 0 aliphatic carbocycles. The maximum Gasteiger partial charge on any atom is 0 e. The van der Waals surface area contributed by atoms with E-state index in [2.05, 4.69) is 527 Å². The predicted octanol–water partition coefficient (Wildman–Crippen LogP) is 33.0. The van der Waals surface area contributed by atoms with E-state index in [1.54, 1.807) is 4.91 Å². The second kappa shape index (κ2) is 184. The fourth-order valence-electron chi connectivity index (χ4n) is 1.21. The third-order valence-electron chi connectivity index (χ3n) is 3.68. The standard InChI is InChI=1S/H2N10.H3N9.H4N8.H3N7.H2N6.H3N5.H4N4.HN3.N2.2H3N.H12P10.H11P9.H10P8.H9P7.H8P6.H7P5.H6P4.H5P3.H4P2.2H3P/c1-3-5-7-9-10-8-6-4-2;1-3-5-7-9-8-6-4-2;1-3-5-7-8-6-4-2;1-3-5-7-6-4-2;1-3-5-6-4-2;1-3-5-4-2;1-3-4-2;1-3-2;1-2;;;1-7(2)10(8(3)4)9(5)6;1-6-9(7(2)3)8(4)5;1-6(2)8(5)7(3)4;1-5-7(4)6(2)3;1-5(2)6(3)4;1-4-5(2)3;1-4(2)3;1-3-2;1-2;;/h1-2H;(H3,1,2,5,6,9);(H2,1,4,5,8)(H2,2,3,6,7);(H3,1,2,5,6);1-2H;(H3,1,2,5);(H2,1,4)(H2,2,3);1H;;2*1H3;1-6H2;6H,1-5H2;1-5H2;5H,1-4H2;1-4H2;4H,1-3H2;1-3H2;3H,1-2H2;1-2H2;2*1H3/b3-1?,4-2?,7-5+,8-6+,10-9+;;;;3-1?,4-2?,6-5+;;;;;;;;;;;;;;;;;. The number of nitrogens with two attached hydrogens (primary N) is 7. The van der Waals surface area contributed by atoms with Gasteiger partial charge in [-0.1, -0.05) is 68.4 Å². The van der Waals surface area contributed by atoms with Crippen LogP contribution in [0.15, 0.2) is 183 Å². The van der Waals surface area contributed by atoms with Crippen LogP contribution in [0, 0.1) is 55.0 Å². The molecule has 0 saturated heterocycles. The zero-order valence-corrected chi connectivity index (χ0v) is 117. The van der Waals surface area contributed by atoms with Gasteiger partial charge in [0.15, 0.2) is 0 Å². The van der Waals surface area contributed by atoms with Crippen LogP contribution in [0.2, 0.25) is 0 Å². The van der Waals surface area contributed by atoms with E-state index in [0.29, 0.717) is 6.99 Å². The van der Waals surface area contributed by atoms with E-state index in [-0.39, 0.29) is 137 Å². The molecule has 40 unspecified atom stereocenters. The van der Waals surface area contributed by atoms with Crippen LogP contribution in [0.25, 0.3) is 10.4 Å². The lowest BCUT2D eigenvalue weighted by molar-refractivity contribution is 0.764. The van der Waals surface area contributed by atoms with E-state index in [1.807, 2.05) is 0 Å². The first-order chi connectivity index (χ1) is 50.7. The molecule has 0 saturated carbocycles. The van der Waals surface area contributed by atoms with Gasteiger partial charge in [0, 0.05) is 10.8 Å². The van der Waals surface area contributed by atoms with E-state index in [0.717, 1.165) is 31.8 Å². The largest absolute Gasteiger partial charge is 0.344 e. The van der Waals surface area contributed by atoms with E-state index in [4.69, 9.17) is 60.6 Å². The van der Waals surface area contributed by atoms with Crippen molar-refractivity contribution in [2.24, 2.45) is 224 Å². The lowest BCUT2D eigenvalue weighted by atomic mass is 12.4. The Kier molecular flexibility index (Phi) is 297. The van der Waals surface area contributed by atoms with E-state index in [9.17, 15) is 0 Å². The molecule has 0 heterocycles. The Labute approximate surface area is 761 Å². The third-order valence-corrected chi connectivity index (χ3v) is 199. The molecule has 0 bridgehead atoms. The Morgan fingerprint density at radius 2 is 0.455 bits per heavy atom. The Bertz CT molecular complexity index is 2110. The summed E-state index contributed by atoms with van der Waals surface area (Å²) in [6.07, 6.45) is 0. The predicted molar refractivity (Wildman–Crippen MR) is 653 cm³/mol. The second-order valence-electron chi connectivity index (χ2n) is 9.92. The molecule has 0 aromatic carbocycles. The monoisotopic (exact) mass is 2630 g/mol. The first kappa shape index (κ1) is 181. The Balaban J connectivity index is -0.0000000387. The summed E-state index contributed by atoms with van der Waals surface area (Å²) in [5, 5.41) is 107. The van der Waals surface area contributed by atoms with Gasteiger partial charge in [-0.3, -0.25) is 0 Å². The molecule has 112 heavy (non-hydrogen) atoms. The van der Waals surface area contributed by atoms with Crippen LogP contribution in [0.5, 0.6) is 0 Å². The highest BCUT2D eigenvalue weighted by Crippen LogP contribution is 3.11. The molecule has 0 rings (SSSR count). The molecule has 40 atom stereocenters. The molecular weight excluding hydrogens is 2520 g/mol. The van der Waals surface area contributed by atoms with Gasteiger partial charge in [0.2, 0.25) is 0 Å². The van der Waals surface area contributed by atoms with E-state index < -0.39 is 0 Å². The quantitative estimate of drug-likeness (QED) is 0.00734. The Hall–Kier alpha value is 12.9. The minimum Gasteiger partial charge on any atom is -0.344 e. The van der Waals surface area contributed by atoms with Gasteiger partial charge >= 0.3 is 0 Å². The van der Waals surface area contributed by atoms with Crippen molar-refractivity contribution in [3.8, 4) is 0 Å². The minimum atomic E-state index is 0. The average molecular weight is 2630 g/mol. The topological polar surface area (TPSA) is 960 Å². The van der Waals surface area contributed by atoms with E-state index >= 15 is 0 Å². The van der Waals surface area contributed by atoms with Crippen LogP contribution in [-0.4, -0.2) is 0 Å². The molecule has 56 nitrogen and oxygen atoms in total. The second-order valence-corrected chi connectivity index (χ2v) is 177. The van der Waals surface area contributed by atoms with Gasteiger partial charge < -0.3 is 53.2 Å². The summed E-state index contributed by atoms with van der Waals surface area (Å²) in [6.45, 7) is 2.90. The smallest absolute Gasteiger partial charge is 0 e. The van der Waals surface area contributed by atoms with Crippen molar-refractivity contribution < 1.29 is 0 Å². The highest BCUT2D eigenvalue weighted by Gasteiger charge is 2.21. The van der Waals surface area contributed by atoms with Crippen molar-refractivity contribution in [3.05, 3.63) is 10.4 Å². The van der Waals surface area contributed by atoms with Crippen LogP contribution in [-0.2, 0) is 0 Å². The highest BCUT2D eigenvalue weighted by atomic mass is 33.2. The molecule has 0 aromatic rings. The maximum absolute atomic E-state index is 6.86. The third kappa shape index (κ3) is 266. The summed E-state index contributed by atoms with van der Waals surface area (Å²) < 4.78 is 0. The van der Waals surface area contributed by atoms with Gasteiger partial charge in [0.25, 0.3) is 0 Å². The number of nitrogens with zero attached hydrogens (tertiary/aromatic N) is 39. The average Bonchev–Trinajstić information content (AvgIpc) is 0.916. The van der Waals surface area contributed by atoms with Crippen molar-refractivity contribution in [2.45, 2.75) is 0 Å². The lowest BCUT2D eigenvalue weighted by Crippen LogP contribution is -1.80. The number of hydrogen-bond acceptors (Lipinski definition) is 19. The van der Waals surface area contributed by atoms with Gasteiger partial charge in [-0.2, -0.15) is 58.5 Å². The van der Waals surface area contributed by atoms with Gasteiger partial charge in [-0.05, 0) is 268 Å². The number of hydrogen-bond donors (Lipinski definition) is 17. The van der Waals surface area contributed by atoms with Gasteiger partial charge in [0.05, 0.1) is 0 Å². The molecule has 0 spiro atoms. The molecule has 112 heteroatoms. The molecular formula is H106N56P56. The fourth-order valence-corrected chi connectivity index (χ4v) is 194. The summed E-state index contributed by atoms with van der Waals surface area (Å²) in [6, 6.07) is 0. The highest BCUT2D eigenvalue weighted by molar-refractivity contribution is 9.16. The van der Waals surface area contributed by atoms with Gasteiger partial charge in [-0.15, -0.1) is 309 Å². The Morgan fingerprint density at radius 1 is 0.286 bits per heavy atom. The summed E-state index contributed by atoms with van der Waals surface area (Å²) in [5.74, 6) is 31.1. The normalized spacial score (nSPS) is 10.6. The zero-order chi connectivity index (χ0) is 89.5. The minimum absolute atomic E-state index is 0. The molecule has 0 fully saturated rings. The van der Waals surface area contributed by atoms with Crippen LogP contribution in [0.3, 0.4) is 0 Å². The van der Waals surface area contributed by atoms with Crippen molar-refractivity contribution in [3.63, 3.8) is 0 Å². The SMILES string of the molecule is N.N.N#N.N/N=N/N.N/N=N/N=N/N=N/N.N=N/N=N/N.N=N/N=N/N=N.N=N/N=N/N=N/N.N=N/N=N/N=N/N=N/N.N=N/N=N/N=N/N=N/N=N.P.P.PP.PP(P)P.PP(P)P(P(P)P)P(P)P.PP(P)P(P)P.PP(P)P(P)P(P)P.PPP.PPP(P(P)P)P(P)P.PPP(P)P.PPP(P)P(P)P.[N-]=[N+]=N. The van der Waals surface area contributed by atoms with Crippen molar-refractivity contribution in [2.75, 3.05) is 0 Å². The fraction of sp³-hybridized carbons (Fsp3) is 0. The molecule has 0 aliphatic heterocycles. The van der Waals surface area contributed by atoms with Gasteiger partial charge in [0.1, 0.15) is 0 Å². The lowest BCUT2D eigenvalue weighted by Gasteiger charge is -2.27. The van der Waals surface area contributed by atoms with Crippen molar-refractivity contribution in [1.29, 1.82) is 55.0 Å². The first-order valence-corrected chi connectivity index (χ1v) is 111. The number of nitrogens with one attached hydrogen (secondary N) is 8. The van der Waals surface area contributed by atoms with Crippen LogP contribution >= 0.6 is 467 Å². The molecule has 0 aliphatic rings.